The zero-order valence-corrected chi connectivity index (χ0v) is 12.2. The molecular formula is C16H16ClNO2. The Hall–Kier alpha value is -2.00. The first-order chi connectivity index (χ1) is 9.65. The molecule has 2 aromatic carbocycles. The van der Waals surface area contributed by atoms with E-state index < -0.39 is 0 Å². The van der Waals surface area contributed by atoms with E-state index in [1.54, 1.807) is 19.2 Å². The van der Waals surface area contributed by atoms with Crippen LogP contribution in [0.3, 0.4) is 0 Å². The highest BCUT2D eigenvalue weighted by molar-refractivity contribution is 6.33. The Labute approximate surface area is 123 Å². The van der Waals surface area contributed by atoms with Gasteiger partial charge in [0.05, 0.1) is 12.1 Å². The summed E-state index contributed by atoms with van der Waals surface area (Å²) in [6, 6.07) is 13.3. The first-order valence-electron chi connectivity index (χ1n) is 6.23. The van der Waals surface area contributed by atoms with Gasteiger partial charge in [-0.3, -0.25) is 4.79 Å². The largest absolute Gasteiger partial charge is 0.496 e. The lowest BCUT2D eigenvalue weighted by Gasteiger charge is -2.21. The van der Waals surface area contributed by atoms with Gasteiger partial charge >= 0.3 is 0 Å². The summed E-state index contributed by atoms with van der Waals surface area (Å²) in [6.07, 6.45) is 0.756. The van der Waals surface area contributed by atoms with Gasteiger partial charge in [-0.05, 0) is 24.3 Å². The number of aldehydes is 1. The van der Waals surface area contributed by atoms with Crippen LogP contribution in [0.1, 0.15) is 15.9 Å². The molecule has 0 heterocycles. The second kappa shape index (κ2) is 6.44. The summed E-state index contributed by atoms with van der Waals surface area (Å²) in [5, 5.41) is 0.462. The van der Waals surface area contributed by atoms with Crippen LogP contribution in [0.15, 0.2) is 42.5 Å². The van der Waals surface area contributed by atoms with Crippen LogP contribution < -0.4 is 9.64 Å². The van der Waals surface area contributed by atoms with Crippen LogP contribution >= 0.6 is 11.6 Å². The highest BCUT2D eigenvalue weighted by Crippen LogP contribution is 2.25. The predicted octanol–water partition coefficient (Wildman–Crippen LogP) is 3.80. The molecule has 2 aromatic rings. The van der Waals surface area contributed by atoms with E-state index in [0.717, 1.165) is 23.3 Å². The molecule has 0 saturated carbocycles. The number of anilines is 1. The van der Waals surface area contributed by atoms with Gasteiger partial charge in [-0.1, -0.05) is 29.8 Å². The van der Waals surface area contributed by atoms with Gasteiger partial charge in [0.1, 0.15) is 5.75 Å². The number of rotatable bonds is 5. The second-order valence-electron chi connectivity index (χ2n) is 4.49. The van der Waals surface area contributed by atoms with Crippen molar-refractivity contribution in [3.05, 3.63) is 58.6 Å². The molecule has 0 fully saturated rings. The summed E-state index contributed by atoms with van der Waals surface area (Å²) in [6.45, 7) is 0.695. The highest BCUT2D eigenvalue weighted by Gasteiger charge is 2.08. The molecule has 104 valence electrons. The van der Waals surface area contributed by atoms with Crippen molar-refractivity contribution in [2.75, 3.05) is 19.1 Å². The Morgan fingerprint density at radius 3 is 2.65 bits per heavy atom. The molecule has 0 amide bonds. The van der Waals surface area contributed by atoms with Crippen molar-refractivity contribution in [2.45, 2.75) is 6.54 Å². The Kier molecular flexibility index (Phi) is 4.64. The maximum absolute atomic E-state index is 10.8. The lowest BCUT2D eigenvalue weighted by atomic mass is 10.1. The molecule has 4 heteroatoms. The third-order valence-corrected chi connectivity index (χ3v) is 3.48. The zero-order valence-electron chi connectivity index (χ0n) is 11.5. The molecular weight excluding hydrogens is 274 g/mol. The van der Waals surface area contributed by atoms with Crippen LogP contribution in [-0.2, 0) is 6.54 Å². The van der Waals surface area contributed by atoms with Crippen LogP contribution in [-0.4, -0.2) is 20.4 Å². The van der Waals surface area contributed by atoms with Crippen molar-refractivity contribution in [3.63, 3.8) is 0 Å². The Balaban J connectivity index is 2.21. The Morgan fingerprint density at radius 2 is 2.00 bits per heavy atom. The van der Waals surface area contributed by atoms with Crippen molar-refractivity contribution in [3.8, 4) is 5.75 Å². The first kappa shape index (κ1) is 14.4. The lowest BCUT2D eigenvalue weighted by Crippen LogP contribution is -2.16. The van der Waals surface area contributed by atoms with Crippen molar-refractivity contribution >= 4 is 23.6 Å². The number of methoxy groups -OCH3 is 1. The fourth-order valence-corrected chi connectivity index (χ4v) is 2.25. The minimum absolute atomic E-state index is 0.462. The summed E-state index contributed by atoms with van der Waals surface area (Å²) >= 11 is 6.05. The van der Waals surface area contributed by atoms with Gasteiger partial charge in [0.15, 0.2) is 6.29 Å². The van der Waals surface area contributed by atoms with E-state index in [1.165, 1.54) is 0 Å². The zero-order chi connectivity index (χ0) is 14.5. The SMILES string of the molecule is COc1ccccc1CN(C)c1ccc(C=O)c(Cl)c1. The number of para-hydroxylation sites is 1. The molecule has 0 atom stereocenters. The molecule has 0 N–H and O–H groups in total. The first-order valence-corrected chi connectivity index (χ1v) is 6.61. The van der Waals surface area contributed by atoms with E-state index in [4.69, 9.17) is 16.3 Å². The normalized spacial score (nSPS) is 10.2. The topological polar surface area (TPSA) is 29.5 Å². The van der Waals surface area contributed by atoms with E-state index in [9.17, 15) is 4.79 Å². The van der Waals surface area contributed by atoms with E-state index in [2.05, 4.69) is 4.90 Å². The molecule has 20 heavy (non-hydrogen) atoms. The monoisotopic (exact) mass is 289 g/mol. The average molecular weight is 290 g/mol. The predicted molar refractivity (Wildman–Crippen MR) is 81.9 cm³/mol. The molecule has 0 aliphatic heterocycles. The minimum atomic E-state index is 0.462. The summed E-state index contributed by atoms with van der Waals surface area (Å²) in [5.41, 5.74) is 2.54. The minimum Gasteiger partial charge on any atom is -0.496 e. The number of halogens is 1. The number of ether oxygens (including phenoxy) is 1. The van der Waals surface area contributed by atoms with Gasteiger partial charge in [0.25, 0.3) is 0 Å². The van der Waals surface area contributed by atoms with E-state index in [-0.39, 0.29) is 0 Å². The molecule has 0 radical (unpaired) electrons. The summed E-state index contributed by atoms with van der Waals surface area (Å²) in [7, 11) is 3.63. The molecule has 0 spiro atoms. The third kappa shape index (κ3) is 3.11. The van der Waals surface area contributed by atoms with Gasteiger partial charge in [0.2, 0.25) is 0 Å². The fraction of sp³-hybridized carbons (Fsp3) is 0.188. The molecule has 0 saturated heterocycles. The van der Waals surface area contributed by atoms with Crippen molar-refractivity contribution in [1.82, 2.24) is 0 Å². The Bertz CT molecular complexity index is 613. The van der Waals surface area contributed by atoms with Gasteiger partial charge in [-0.2, -0.15) is 0 Å². The molecule has 0 aliphatic carbocycles. The smallest absolute Gasteiger partial charge is 0.151 e. The van der Waals surface area contributed by atoms with E-state index in [0.29, 0.717) is 17.1 Å². The maximum Gasteiger partial charge on any atom is 0.151 e. The van der Waals surface area contributed by atoms with Crippen LogP contribution in [0.25, 0.3) is 0 Å². The van der Waals surface area contributed by atoms with Crippen LogP contribution in [0.2, 0.25) is 5.02 Å². The standard InChI is InChI=1S/C16H16ClNO2/c1-18(10-12-5-3-4-6-16(12)20-2)14-8-7-13(11-19)15(17)9-14/h3-9,11H,10H2,1-2H3. The molecule has 0 aliphatic rings. The van der Waals surface area contributed by atoms with E-state index >= 15 is 0 Å². The Morgan fingerprint density at radius 1 is 1.25 bits per heavy atom. The molecule has 0 aromatic heterocycles. The summed E-state index contributed by atoms with van der Waals surface area (Å²) in [5.74, 6) is 0.856. The molecule has 0 bridgehead atoms. The molecule has 3 nitrogen and oxygen atoms in total. The third-order valence-electron chi connectivity index (χ3n) is 3.15. The van der Waals surface area contributed by atoms with Crippen molar-refractivity contribution in [2.24, 2.45) is 0 Å². The number of benzene rings is 2. The average Bonchev–Trinajstić information content (AvgIpc) is 2.47. The van der Waals surface area contributed by atoms with Crippen molar-refractivity contribution < 1.29 is 9.53 Å². The number of hydrogen-bond acceptors (Lipinski definition) is 3. The number of carbonyl (C=O) groups is 1. The lowest BCUT2D eigenvalue weighted by molar-refractivity contribution is 0.112. The molecule has 2 rings (SSSR count). The van der Waals surface area contributed by atoms with Crippen molar-refractivity contribution in [1.29, 1.82) is 0 Å². The van der Waals surface area contributed by atoms with Crippen LogP contribution in [0.5, 0.6) is 5.75 Å². The van der Waals surface area contributed by atoms with Gasteiger partial charge < -0.3 is 9.64 Å². The summed E-state index contributed by atoms with van der Waals surface area (Å²) < 4.78 is 5.34. The van der Waals surface area contributed by atoms with Crippen LogP contribution in [0, 0.1) is 0 Å². The molecule has 0 unspecified atom stereocenters. The van der Waals surface area contributed by atoms with Gasteiger partial charge in [0, 0.05) is 30.4 Å². The summed E-state index contributed by atoms with van der Waals surface area (Å²) in [4.78, 5) is 12.8. The quantitative estimate of drug-likeness (QED) is 0.784. The highest BCUT2D eigenvalue weighted by atomic mass is 35.5. The van der Waals surface area contributed by atoms with Gasteiger partial charge in [-0.25, -0.2) is 0 Å². The van der Waals surface area contributed by atoms with E-state index in [1.807, 2.05) is 37.4 Å². The number of carbonyl (C=O) groups excluding carboxylic acids is 1. The maximum atomic E-state index is 10.8. The second-order valence-corrected chi connectivity index (χ2v) is 4.90. The van der Waals surface area contributed by atoms with Gasteiger partial charge in [-0.15, -0.1) is 0 Å². The number of hydrogen-bond donors (Lipinski definition) is 0. The fourth-order valence-electron chi connectivity index (χ4n) is 2.03. The number of nitrogens with zero attached hydrogens (tertiary/aromatic N) is 1. The van der Waals surface area contributed by atoms with Crippen LogP contribution in [0.4, 0.5) is 5.69 Å².